The van der Waals surface area contributed by atoms with E-state index < -0.39 is 36.0 Å². The Kier molecular flexibility index (Phi) is 7.48. The van der Waals surface area contributed by atoms with E-state index in [2.05, 4.69) is 22.8 Å². The molecule has 8 nitrogen and oxygen atoms in total. The Morgan fingerprint density at radius 3 is 2.06 bits per heavy atom. The Morgan fingerprint density at radius 2 is 1.53 bits per heavy atom. The van der Waals surface area contributed by atoms with Crippen LogP contribution in [0.15, 0.2) is 48.5 Å². The van der Waals surface area contributed by atoms with E-state index in [1.807, 2.05) is 36.4 Å². The number of hydrogen-bond acceptors (Lipinski definition) is 5. The molecule has 0 bridgehead atoms. The highest BCUT2D eigenvalue weighted by Gasteiger charge is 2.30. The van der Waals surface area contributed by atoms with Crippen LogP contribution in [0.5, 0.6) is 0 Å². The van der Waals surface area contributed by atoms with Gasteiger partial charge in [0.1, 0.15) is 6.61 Å². The van der Waals surface area contributed by atoms with Gasteiger partial charge in [0.05, 0.1) is 12.5 Å². The van der Waals surface area contributed by atoms with Crippen molar-refractivity contribution in [2.24, 2.45) is 5.92 Å². The third-order valence-electron chi connectivity index (χ3n) is 5.80. The average molecular weight is 440 g/mol. The van der Waals surface area contributed by atoms with E-state index in [9.17, 15) is 14.4 Å². The van der Waals surface area contributed by atoms with Gasteiger partial charge in [-0.2, -0.15) is 0 Å². The van der Waals surface area contributed by atoms with E-state index in [0.29, 0.717) is 0 Å². The third kappa shape index (κ3) is 5.08. The zero-order valence-corrected chi connectivity index (χ0v) is 18.3. The summed E-state index contributed by atoms with van der Waals surface area (Å²) in [5.74, 6) is -2.42. The monoisotopic (exact) mass is 440 g/mol. The lowest BCUT2D eigenvalue weighted by atomic mass is 9.98. The number of amides is 2. The summed E-state index contributed by atoms with van der Waals surface area (Å²) in [6.45, 7) is 3.29. The van der Waals surface area contributed by atoms with Crippen LogP contribution in [0.4, 0.5) is 4.79 Å². The number of fused-ring (bicyclic) bond motifs is 3. The van der Waals surface area contributed by atoms with Gasteiger partial charge in [-0.25, -0.2) is 9.59 Å². The van der Waals surface area contributed by atoms with E-state index in [1.165, 1.54) is 7.11 Å². The molecular weight excluding hydrogens is 412 g/mol. The van der Waals surface area contributed by atoms with Gasteiger partial charge in [-0.05, 0) is 29.2 Å². The number of alkyl carbamates (subject to hydrolysis) is 1. The number of nitrogens with one attached hydrogen (secondary N) is 2. The van der Waals surface area contributed by atoms with Gasteiger partial charge in [0.2, 0.25) is 5.91 Å². The quantitative estimate of drug-likeness (QED) is 0.553. The number of aliphatic carboxylic acids is 1. The van der Waals surface area contributed by atoms with Crippen LogP contribution in [0.1, 0.15) is 30.9 Å². The maximum atomic E-state index is 12.4. The minimum atomic E-state index is -1.19. The fourth-order valence-corrected chi connectivity index (χ4v) is 3.82. The Bertz CT molecular complexity index is 946. The minimum Gasteiger partial charge on any atom is -0.480 e. The van der Waals surface area contributed by atoms with E-state index in [4.69, 9.17) is 14.6 Å². The van der Waals surface area contributed by atoms with Crippen LogP contribution in [0.3, 0.4) is 0 Å². The standard InChI is InChI=1S/C24H28N2O6/c1-14(22(27)26-21(13-31-3)23(28)29)15(2)25-24(30)32-12-20-18-10-6-4-8-16(18)17-9-5-7-11-19(17)20/h4-11,14-15,20-21H,12-13H2,1-3H3,(H,25,30)(H,26,27)(H,28,29)/t14?,15?,21-/m0/s1. The van der Waals surface area contributed by atoms with Crippen LogP contribution in [-0.2, 0) is 19.1 Å². The number of carbonyl (C=O) groups excluding carboxylic acids is 2. The Morgan fingerprint density at radius 1 is 0.969 bits per heavy atom. The first-order valence-electron chi connectivity index (χ1n) is 10.5. The van der Waals surface area contributed by atoms with Crippen molar-refractivity contribution in [3.63, 3.8) is 0 Å². The van der Waals surface area contributed by atoms with E-state index in [-0.39, 0.29) is 19.1 Å². The van der Waals surface area contributed by atoms with E-state index in [1.54, 1.807) is 13.8 Å². The van der Waals surface area contributed by atoms with E-state index >= 15 is 0 Å². The zero-order valence-electron chi connectivity index (χ0n) is 18.3. The van der Waals surface area contributed by atoms with Crippen LogP contribution in [0.25, 0.3) is 11.1 Å². The summed E-state index contributed by atoms with van der Waals surface area (Å²) in [6, 6.07) is 14.4. The van der Waals surface area contributed by atoms with Gasteiger partial charge in [0.25, 0.3) is 0 Å². The van der Waals surface area contributed by atoms with Crippen LogP contribution in [0, 0.1) is 5.92 Å². The molecule has 0 radical (unpaired) electrons. The number of carbonyl (C=O) groups is 3. The normalized spacial score (nSPS) is 15.1. The van der Waals surface area contributed by atoms with E-state index in [0.717, 1.165) is 22.3 Å². The van der Waals surface area contributed by atoms with Crippen molar-refractivity contribution in [2.45, 2.75) is 31.8 Å². The van der Waals surface area contributed by atoms with Gasteiger partial charge in [-0.3, -0.25) is 4.79 Å². The van der Waals surface area contributed by atoms with Gasteiger partial charge >= 0.3 is 12.1 Å². The largest absolute Gasteiger partial charge is 0.480 e. The molecule has 3 N–H and O–H groups in total. The van der Waals surface area contributed by atoms with Crippen LogP contribution < -0.4 is 10.6 Å². The number of ether oxygens (including phenoxy) is 2. The first kappa shape index (κ1) is 23.3. The summed E-state index contributed by atoms with van der Waals surface area (Å²) in [5, 5.41) is 14.2. The van der Waals surface area contributed by atoms with Crippen molar-refractivity contribution in [3.8, 4) is 11.1 Å². The third-order valence-corrected chi connectivity index (χ3v) is 5.80. The lowest BCUT2D eigenvalue weighted by molar-refractivity contribution is -0.144. The molecule has 1 aliphatic rings. The van der Waals surface area contributed by atoms with Crippen LogP contribution >= 0.6 is 0 Å². The average Bonchev–Trinajstić information content (AvgIpc) is 3.10. The van der Waals surface area contributed by atoms with Crippen molar-refractivity contribution in [2.75, 3.05) is 20.3 Å². The molecule has 2 aromatic rings. The molecule has 32 heavy (non-hydrogen) atoms. The maximum absolute atomic E-state index is 12.4. The number of carboxylic acids is 1. The SMILES string of the molecule is COC[C@H](NC(=O)C(C)C(C)NC(=O)OCC1c2ccccc2-c2ccccc21)C(=O)O. The van der Waals surface area contributed by atoms with Gasteiger partial charge < -0.3 is 25.2 Å². The Hall–Kier alpha value is -3.39. The van der Waals surface area contributed by atoms with Crippen molar-refractivity contribution >= 4 is 18.0 Å². The first-order valence-corrected chi connectivity index (χ1v) is 10.5. The first-order chi connectivity index (χ1) is 15.3. The highest BCUT2D eigenvalue weighted by molar-refractivity contribution is 5.85. The lowest BCUT2D eigenvalue weighted by Crippen LogP contribution is -2.50. The predicted octanol–water partition coefficient (Wildman–Crippen LogP) is 2.77. The molecule has 0 aliphatic heterocycles. The molecule has 1 aliphatic carbocycles. The number of rotatable bonds is 9. The Labute approximate surface area is 186 Å². The molecule has 0 saturated carbocycles. The molecule has 3 atom stereocenters. The highest BCUT2D eigenvalue weighted by atomic mass is 16.5. The number of hydrogen-bond donors (Lipinski definition) is 3. The molecular formula is C24H28N2O6. The molecule has 170 valence electrons. The smallest absolute Gasteiger partial charge is 0.407 e. The Balaban J connectivity index is 1.57. The topological polar surface area (TPSA) is 114 Å². The zero-order chi connectivity index (χ0) is 23.3. The summed E-state index contributed by atoms with van der Waals surface area (Å²) in [6.07, 6.45) is -0.634. The minimum absolute atomic E-state index is 0.0606. The molecule has 0 spiro atoms. The second-order valence-electron chi connectivity index (χ2n) is 7.90. The van der Waals surface area contributed by atoms with Crippen molar-refractivity contribution in [1.82, 2.24) is 10.6 Å². The molecule has 0 heterocycles. The van der Waals surface area contributed by atoms with Gasteiger partial charge in [-0.15, -0.1) is 0 Å². The van der Waals surface area contributed by atoms with Crippen LogP contribution in [-0.4, -0.2) is 55.5 Å². The van der Waals surface area contributed by atoms with Crippen LogP contribution in [0.2, 0.25) is 0 Å². The molecule has 8 heteroatoms. The molecule has 0 aromatic heterocycles. The maximum Gasteiger partial charge on any atom is 0.407 e. The fourth-order valence-electron chi connectivity index (χ4n) is 3.82. The summed E-state index contributed by atoms with van der Waals surface area (Å²) >= 11 is 0. The second kappa shape index (κ2) is 10.3. The lowest BCUT2D eigenvalue weighted by Gasteiger charge is -2.23. The van der Waals surface area contributed by atoms with Crippen molar-refractivity contribution < 1.29 is 29.0 Å². The summed E-state index contributed by atoms with van der Waals surface area (Å²) in [7, 11) is 1.35. The molecule has 2 amide bonds. The number of methoxy groups -OCH3 is 1. The number of carboxylic acid groups (broad SMARTS) is 1. The fraction of sp³-hybridized carbons (Fsp3) is 0.375. The van der Waals surface area contributed by atoms with Gasteiger partial charge in [-0.1, -0.05) is 55.5 Å². The van der Waals surface area contributed by atoms with Crippen molar-refractivity contribution in [1.29, 1.82) is 0 Å². The molecule has 3 rings (SSSR count). The summed E-state index contributed by atoms with van der Waals surface area (Å²) in [4.78, 5) is 36.0. The molecule has 2 unspecified atom stereocenters. The van der Waals surface area contributed by atoms with Gasteiger partial charge in [0.15, 0.2) is 6.04 Å². The summed E-state index contributed by atoms with van der Waals surface area (Å²) in [5.41, 5.74) is 4.50. The molecule has 2 aromatic carbocycles. The van der Waals surface area contributed by atoms with Crippen molar-refractivity contribution in [3.05, 3.63) is 59.7 Å². The predicted molar refractivity (Wildman–Crippen MR) is 118 cm³/mol. The number of benzene rings is 2. The second-order valence-corrected chi connectivity index (χ2v) is 7.90. The molecule has 0 fully saturated rings. The summed E-state index contributed by atoms with van der Waals surface area (Å²) < 4.78 is 10.3. The molecule has 0 saturated heterocycles. The highest BCUT2D eigenvalue weighted by Crippen LogP contribution is 2.44. The van der Waals surface area contributed by atoms with Gasteiger partial charge in [0, 0.05) is 19.1 Å².